The first-order valence-corrected chi connectivity index (χ1v) is 6.05. The van der Waals surface area contributed by atoms with Gasteiger partial charge in [0.25, 0.3) is 0 Å². The number of hydrogen-bond donors (Lipinski definition) is 1. The molecule has 0 spiro atoms. The third-order valence-electron chi connectivity index (χ3n) is 1.97. The van der Waals surface area contributed by atoms with Gasteiger partial charge in [-0.1, -0.05) is 0 Å². The van der Waals surface area contributed by atoms with Gasteiger partial charge in [0.1, 0.15) is 17.4 Å². The summed E-state index contributed by atoms with van der Waals surface area (Å²) >= 11 is 0. The number of hydrogen-bond acceptors (Lipinski definition) is 6. The van der Waals surface area contributed by atoms with Crippen LogP contribution >= 0.6 is 0 Å². The Morgan fingerprint density at radius 2 is 1.90 bits per heavy atom. The minimum atomic E-state index is -0.926. The molecule has 1 N–H and O–H groups in total. The van der Waals surface area contributed by atoms with Crippen molar-refractivity contribution in [1.29, 1.82) is 5.26 Å². The largest absolute Gasteiger partial charge is 0.509 e. The summed E-state index contributed by atoms with van der Waals surface area (Å²) in [5.74, 6) is -1.47. The van der Waals surface area contributed by atoms with E-state index in [0.29, 0.717) is 0 Å². The van der Waals surface area contributed by atoms with Crippen LogP contribution in [0.15, 0.2) is 11.3 Å². The molecule has 0 unspecified atom stereocenters. The molecule has 1 amide bonds. The fraction of sp³-hybridized carbons (Fsp3) is 0.615. The number of aliphatic hydroxyl groups excluding tert-OH is 1. The van der Waals surface area contributed by atoms with Crippen LogP contribution in [0, 0.1) is 11.3 Å². The van der Waals surface area contributed by atoms with Gasteiger partial charge in [0.2, 0.25) is 0 Å². The Hall–Kier alpha value is -2.23. The molecule has 7 nitrogen and oxygen atoms in total. The van der Waals surface area contributed by atoms with Gasteiger partial charge < -0.3 is 19.5 Å². The van der Waals surface area contributed by atoms with Crippen molar-refractivity contribution in [3.63, 3.8) is 0 Å². The third-order valence-corrected chi connectivity index (χ3v) is 1.97. The van der Waals surface area contributed by atoms with E-state index in [1.807, 2.05) is 0 Å². The zero-order valence-electron chi connectivity index (χ0n) is 12.4. The first-order chi connectivity index (χ1) is 9.12. The van der Waals surface area contributed by atoms with Crippen molar-refractivity contribution in [3.8, 4) is 6.07 Å². The van der Waals surface area contributed by atoms with Crippen LogP contribution in [0.4, 0.5) is 4.79 Å². The summed E-state index contributed by atoms with van der Waals surface area (Å²) in [6.07, 6.45) is -0.676. The Morgan fingerprint density at radius 3 is 2.30 bits per heavy atom. The minimum Gasteiger partial charge on any atom is -0.509 e. The highest BCUT2D eigenvalue weighted by Gasteiger charge is 2.23. The fourth-order valence-electron chi connectivity index (χ4n) is 1.14. The SMILES string of the molecule is CCOC(=O)/C(C#N)=C(\O)CN(C)C(=O)OC(C)(C)C. The van der Waals surface area contributed by atoms with Gasteiger partial charge in [0.15, 0.2) is 5.57 Å². The molecule has 0 bridgehead atoms. The summed E-state index contributed by atoms with van der Waals surface area (Å²) in [6.45, 7) is 6.45. The van der Waals surface area contributed by atoms with Crippen LogP contribution in [-0.2, 0) is 14.3 Å². The summed E-state index contributed by atoms with van der Waals surface area (Å²) in [5.41, 5.74) is -1.20. The smallest absolute Gasteiger partial charge is 0.410 e. The molecule has 0 fully saturated rings. The van der Waals surface area contributed by atoms with Crippen LogP contribution in [0.25, 0.3) is 0 Å². The molecule has 0 aromatic rings. The van der Waals surface area contributed by atoms with E-state index in [9.17, 15) is 14.7 Å². The van der Waals surface area contributed by atoms with E-state index in [2.05, 4.69) is 4.74 Å². The van der Waals surface area contributed by atoms with E-state index in [-0.39, 0.29) is 13.2 Å². The van der Waals surface area contributed by atoms with Crippen LogP contribution in [0.2, 0.25) is 0 Å². The average Bonchev–Trinajstić information content (AvgIpc) is 2.27. The zero-order chi connectivity index (χ0) is 15.9. The summed E-state index contributed by atoms with van der Waals surface area (Å²) < 4.78 is 9.70. The Balaban J connectivity index is 4.88. The summed E-state index contributed by atoms with van der Waals surface area (Å²) in [6, 6.07) is 1.56. The van der Waals surface area contributed by atoms with Gasteiger partial charge in [-0.15, -0.1) is 0 Å². The molecular formula is C13H20N2O5. The van der Waals surface area contributed by atoms with E-state index in [1.54, 1.807) is 33.8 Å². The predicted molar refractivity (Wildman–Crippen MR) is 70.8 cm³/mol. The molecule has 0 radical (unpaired) electrons. The number of nitrogens with zero attached hydrogens (tertiary/aromatic N) is 2. The second-order valence-electron chi connectivity index (χ2n) is 4.99. The maximum Gasteiger partial charge on any atom is 0.410 e. The second-order valence-corrected chi connectivity index (χ2v) is 4.99. The quantitative estimate of drug-likeness (QED) is 0.365. The second kappa shape index (κ2) is 7.38. The minimum absolute atomic E-state index is 0.0825. The molecule has 0 rings (SSSR count). The van der Waals surface area contributed by atoms with Crippen molar-refractivity contribution >= 4 is 12.1 Å². The lowest BCUT2D eigenvalue weighted by molar-refractivity contribution is -0.138. The van der Waals surface area contributed by atoms with Crippen molar-refractivity contribution in [2.24, 2.45) is 0 Å². The highest BCUT2D eigenvalue weighted by molar-refractivity contribution is 5.93. The number of rotatable bonds is 4. The number of esters is 1. The van der Waals surface area contributed by atoms with Crippen LogP contribution in [0.3, 0.4) is 0 Å². The Kier molecular flexibility index (Phi) is 6.56. The molecule has 0 aliphatic rings. The maximum atomic E-state index is 11.7. The van der Waals surface area contributed by atoms with Gasteiger partial charge in [-0.25, -0.2) is 9.59 Å². The summed E-state index contributed by atoms with van der Waals surface area (Å²) in [5, 5.41) is 18.6. The summed E-state index contributed by atoms with van der Waals surface area (Å²) in [7, 11) is 1.38. The standard InChI is InChI=1S/C13H20N2O5/c1-6-19-11(17)9(7-14)10(16)8-15(5)12(18)20-13(2,3)4/h16H,6,8H2,1-5H3/b10-9-. The molecule has 20 heavy (non-hydrogen) atoms. The lowest BCUT2D eigenvalue weighted by Gasteiger charge is -2.24. The topological polar surface area (TPSA) is 99.9 Å². The maximum absolute atomic E-state index is 11.7. The number of likely N-dealkylation sites (N-methyl/N-ethyl adjacent to an activating group) is 1. The molecule has 112 valence electrons. The van der Waals surface area contributed by atoms with Crippen LogP contribution in [0.1, 0.15) is 27.7 Å². The van der Waals surface area contributed by atoms with Crippen LogP contribution in [-0.4, -0.2) is 47.9 Å². The lowest BCUT2D eigenvalue weighted by Crippen LogP contribution is -2.35. The van der Waals surface area contributed by atoms with Gasteiger partial charge in [-0.05, 0) is 27.7 Å². The highest BCUT2D eigenvalue weighted by atomic mass is 16.6. The third kappa shape index (κ3) is 6.09. The van der Waals surface area contributed by atoms with Crippen molar-refractivity contribution in [2.45, 2.75) is 33.3 Å². The van der Waals surface area contributed by atoms with E-state index in [0.717, 1.165) is 4.90 Å². The molecule has 0 aromatic heterocycles. The first-order valence-electron chi connectivity index (χ1n) is 6.05. The molecular weight excluding hydrogens is 264 g/mol. The number of ether oxygens (including phenoxy) is 2. The van der Waals surface area contributed by atoms with E-state index >= 15 is 0 Å². The molecule has 0 saturated heterocycles. The highest BCUT2D eigenvalue weighted by Crippen LogP contribution is 2.11. The van der Waals surface area contributed by atoms with Gasteiger partial charge in [0, 0.05) is 7.05 Å². The number of aliphatic hydroxyl groups is 1. The molecule has 0 aromatic carbocycles. The Bertz CT molecular complexity index is 443. The van der Waals surface area contributed by atoms with E-state index < -0.39 is 29.0 Å². The van der Waals surface area contributed by atoms with Gasteiger partial charge in [-0.2, -0.15) is 5.26 Å². The first kappa shape index (κ1) is 17.8. The summed E-state index contributed by atoms with van der Waals surface area (Å²) in [4.78, 5) is 24.1. The van der Waals surface area contributed by atoms with E-state index in [1.165, 1.54) is 7.05 Å². The van der Waals surface area contributed by atoms with Gasteiger partial charge in [-0.3, -0.25) is 0 Å². The number of amides is 1. The number of carbonyl (C=O) groups is 2. The predicted octanol–water partition coefficient (Wildman–Crippen LogP) is 1.75. The molecule has 0 heterocycles. The molecule has 0 atom stereocenters. The Labute approximate surface area is 118 Å². The van der Waals surface area contributed by atoms with Gasteiger partial charge in [0.05, 0.1) is 13.2 Å². The average molecular weight is 284 g/mol. The molecule has 0 aliphatic carbocycles. The Morgan fingerprint density at radius 1 is 1.35 bits per heavy atom. The lowest BCUT2D eigenvalue weighted by atomic mass is 10.2. The van der Waals surface area contributed by atoms with Crippen LogP contribution < -0.4 is 0 Å². The van der Waals surface area contributed by atoms with Gasteiger partial charge >= 0.3 is 12.1 Å². The monoisotopic (exact) mass is 284 g/mol. The number of carbonyl (C=O) groups excluding carboxylic acids is 2. The van der Waals surface area contributed by atoms with Crippen molar-refractivity contribution in [3.05, 3.63) is 11.3 Å². The van der Waals surface area contributed by atoms with Crippen LogP contribution in [0.5, 0.6) is 0 Å². The van der Waals surface area contributed by atoms with E-state index in [4.69, 9.17) is 10.00 Å². The fourth-order valence-corrected chi connectivity index (χ4v) is 1.14. The zero-order valence-corrected chi connectivity index (χ0v) is 12.4. The molecule has 7 heteroatoms. The van der Waals surface area contributed by atoms with Crippen molar-refractivity contribution in [1.82, 2.24) is 4.90 Å². The van der Waals surface area contributed by atoms with Crippen molar-refractivity contribution < 1.29 is 24.2 Å². The molecule has 0 aliphatic heterocycles. The van der Waals surface area contributed by atoms with Crippen molar-refractivity contribution in [2.75, 3.05) is 20.2 Å². The molecule has 0 saturated carbocycles. The number of nitriles is 1. The normalized spacial score (nSPS) is 12.0.